The predicted octanol–water partition coefficient (Wildman–Crippen LogP) is 3.71. The molecule has 0 unspecified atom stereocenters. The average Bonchev–Trinajstić information content (AvgIpc) is 3.09. The van der Waals surface area contributed by atoms with Gasteiger partial charge in [-0.05, 0) is 31.5 Å². The second-order valence-corrected chi connectivity index (χ2v) is 8.32. The number of rotatable bonds is 8. The number of fused-ring (bicyclic) bond motifs is 3. The maximum absolute atomic E-state index is 10.5. The third-order valence-corrected chi connectivity index (χ3v) is 5.08. The molecule has 0 saturated carbocycles. The summed E-state index contributed by atoms with van der Waals surface area (Å²) in [7, 11) is 1.66. The monoisotopic (exact) mass is 420 g/mol. The molecule has 4 aromatic rings. The second-order valence-electron chi connectivity index (χ2n) is 8.32. The highest BCUT2D eigenvalue weighted by Crippen LogP contribution is 2.32. The summed E-state index contributed by atoms with van der Waals surface area (Å²) in [5.41, 5.74) is 8.70. The number of aromatic nitrogens is 3. The second kappa shape index (κ2) is 8.53. The smallest absolute Gasteiger partial charge is 0.152 e. The molecule has 31 heavy (non-hydrogen) atoms. The van der Waals surface area contributed by atoms with Crippen molar-refractivity contribution in [2.24, 2.45) is 0 Å². The molecule has 0 saturated heterocycles. The highest BCUT2D eigenvalue weighted by molar-refractivity contribution is 6.07. The van der Waals surface area contributed by atoms with Gasteiger partial charge in [0.25, 0.3) is 0 Å². The van der Waals surface area contributed by atoms with E-state index in [1.807, 2.05) is 53.1 Å². The molecular formula is C24H28N4O3. The first-order chi connectivity index (χ1) is 14.9. The molecule has 7 heteroatoms. The summed E-state index contributed by atoms with van der Waals surface area (Å²) >= 11 is 0. The number of nitrogens with zero attached hydrogens (tertiary/aromatic N) is 3. The number of ether oxygens (including phenoxy) is 2. The van der Waals surface area contributed by atoms with Crippen molar-refractivity contribution in [3.63, 3.8) is 0 Å². The molecule has 2 aromatic heterocycles. The van der Waals surface area contributed by atoms with Crippen LogP contribution in [-0.4, -0.2) is 39.0 Å². The van der Waals surface area contributed by atoms with E-state index in [2.05, 4.69) is 4.98 Å². The van der Waals surface area contributed by atoms with Gasteiger partial charge in [0.1, 0.15) is 23.7 Å². The zero-order chi connectivity index (χ0) is 22.0. The van der Waals surface area contributed by atoms with Gasteiger partial charge in [-0.3, -0.25) is 0 Å². The number of nitrogens with two attached hydrogens (primary N) is 1. The van der Waals surface area contributed by atoms with E-state index < -0.39 is 5.60 Å². The first kappa shape index (κ1) is 21.1. The molecule has 0 bridgehead atoms. The molecule has 0 amide bonds. The van der Waals surface area contributed by atoms with Gasteiger partial charge in [0.2, 0.25) is 0 Å². The van der Waals surface area contributed by atoms with Crippen LogP contribution in [0.15, 0.2) is 48.5 Å². The number of anilines is 1. The topological polar surface area (TPSA) is 95.4 Å². The number of methoxy groups -OCH3 is 1. The molecule has 0 fully saturated rings. The van der Waals surface area contributed by atoms with E-state index in [4.69, 9.17) is 20.2 Å². The molecule has 0 radical (unpaired) electrons. The summed E-state index contributed by atoms with van der Waals surface area (Å²) in [4.78, 5) is 9.31. The average molecular weight is 421 g/mol. The summed E-state index contributed by atoms with van der Waals surface area (Å²) in [5, 5.41) is 11.4. The lowest BCUT2D eigenvalue weighted by atomic mass is 10.1. The standard InChI is InChI=1S/C24H28N4O3/c1-24(2,29)15-28-20(11-12-30-3)27-21-22(28)18-10-9-17(13-19(18)26-23(21)25)31-14-16-7-5-4-6-8-16/h4-10,13,29H,11-12,14-15H2,1-3H3,(H2,25,26). The lowest BCUT2D eigenvalue weighted by Gasteiger charge is -2.20. The minimum Gasteiger partial charge on any atom is -0.489 e. The summed E-state index contributed by atoms with van der Waals surface area (Å²) in [6, 6.07) is 15.8. The van der Waals surface area contributed by atoms with E-state index in [9.17, 15) is 5.11 Å². The van der Waals surface area contributed by atoms with Gasteiger partial charge in [0.05, 0.1) is 29.8 Å². The molecule has 2 aromatic carbocycles. The Morgan fingerprint density at radius 3 is 2.58 bits per heavy atom. The number of pyridine rings is 1. The Morgan fingerprint density at radius 2 is 1.87 bits per heavy atom. The zero-order valence-corrected chi connectivity index (χ0v) is 18.1. The largest absolute Gasteiger partial charge is 0.489 e. The fourth-order valence-corrected chi connectivity index (χ4v) is 3.71. The summed E-state index contributed by atoms with van der Waals surface area (Å²) in [6.45, 7) is 4.94. The van der Waals surface area contributed by atoms with Gasteiger partial charge in [0.15, 0.2) is 5.82 Å². The van der Waals surface area contributed by atoms with E-state index in [0.717, 1.165) is 33.6 Å². The Labute approximate surface area is 181 Å². The van der Waals surface area contributed by atoms with Gasteiger partial charge in [-0.1, -0.05) is 30.3 Å². The zero-order valence-electron chi connectivity index (χ0n) is 18.1. The molecule has 162 valence electrons. The maximum atomic E-state index is 10.5. The summed E-state index contributed by atoms with van der Waals surface area (Å²) < 4.78 is 13.2. The van der Waals surface area contributed by atoms with Crippen molar-refractivity contribution in [1.82, 2.24) is 14.5 Å². The number of nitrogen functional groups attached to an aromatic ring is 1. The Kier molecular flexibility index (Phi) is 5.80. The number of imidazole rings is 1. The van der Waals surface area contributed by atoms with Crippen LogP contribution >= 0.6 is 0 Å². The van der Waals surface area contributed by atoms with E-state index in [1.54, 1.807) is 21.0 Å². The highest BCUT2D eigenvalue weighted by Gasteiger charge is 2.22. The van der Waals surface area contributed by atoms with Crippen LogP contribution in [0, 0.1) is 0 Å². The van der Waals surface area contributed by atoms with E-state index in [-0.39, 0.29) is 0 Å². The van der Waals surface area contributed by atoms with Crippen LogP contribution in [0.4, 0.5) is 5.82 Å². The van der Waals surface area contributed by atoms with Crippen molar-refractivity contribution in [2.75, 3.05) is 19.5 Å². The fourth-order valence-electron chi connectivity index (χ4n) is 3.71. The maximum Gasteiger partial charge on any atom is 0.152 e. The van der Waals surface area contributed by atoms with E-state index >= 15 is 0 Å². The summed E-state index contributed by atoms with van der Waals surface area (Å²) in [6.07, 6.45) is 0.612. The molecule has 7 nitrogen and oxygen atoms in total. The third-order valence-electron chi connectivity index (χ3n) is 5.08. The molecule has 0 spiro atoms. The normalized spacial score (nSPS) is 12.0. The summed E-state index contributed by atoms with van der Waals surface area (Å²) in [5.74, 6) is 1.89. The molecular weight excluding hydrogens is 392 g/mol. The highest BCUT2D eigenvalue weighted by atomic mass is 16.5. The van der Waals surface area contributed by atoms with Gasteiger partial charge < -0.3 is 24.9 Å². The Hall–Kier alpha value is -3.16. The Bertz CT molecular complexity index is 1200. The van der Waals surface area contributed by atoms with Crippen molar-refractivity contribution in [1.29, 1.82) is 0 Å². The van der Waals surface area contributed by atoms with Crippen LogP contribution in [0.5, 0.6) is 5.75 Å². The number of hydrogen-bond acceptors (Lipinski definition) is 6. The quantitative estimate of drug-likeness (QED) is 0.451. The first-order valence-corrected chi connectivity index (χ1v) is 10.3. The van der Waals surface area contributed by atoms with Crippen molar-refractivity contribution in [3.05, 3.63) is 59.9 Å². The van der Waals surface area contributed by atoms with Gasteiger partial charge in [-0.25, -0.2) is 9.97 Å². The first-order valence-electron chi connectivity index (χ1n) is 10.3. The van der Waals surface area contributed by atoms with Crippen LogP contribution < -0.4 is 10.5 Å². The van der Waals surface area contributed by atoms with Crippen LogP contribution in [-0.2, 0) is 24.3 Å². The number of aliphatic hydroxyl groups is 1. The van der Waals surface area contributed by atoms with Crippen molar-refractivity contribution in [2.45, 2.75) is 39.0 Å². The van der Waals surface area contributed by atoms with Crippen molar-refractivity contribution >= 4 is 27.8 Å². The minimum absolute atomic E-state index is 0.357. The van der Waals surface area contributed by atoms with Crippen LogP contribution in [0.3, 0.4) is 0 Å². The lowest BCUT2D eigenvalue weighted by molar-refractivity contribution is 0.0615. The van der Waals surface area contributed by atoms with Gasteiger partial charge >= 0.3 is 0 Å². The third kappa shape index (κ3) is 4.62. The molecule has 0 aliphatic heterocycles. The van der Waals surface area contributed by atoms with Gasteiger partial charge in [-0.2, -0.15) is 0 Å². The molecule has 4 rings (SSSR count). The number of hydrogen-bond donors (Lipinski definition) is 2. The SMILES string of the molecule is COCCc1nc2c(N)nc3cc(OCc4ccccc4)ccc3c2n1CC(C)(C)O. The van der Waals surface area contributed by atoms with Crippen LogP contribution in [0.2, 0.25) is 0 Å². The van der Waals surface area contributed by atoms with Crippen molar-refractivity contribution in [3.8, 4) is 5.75 Å². The van der Waals surface area contributed by atoms with Crippen molar-refractivity contribution < 1.29 is 14.6 Å². The molecule has 3 N–H and O–H groups in total. The number of benzene rings is 2. The molecule has 0 atom stereocenters. The van der Waals surface area contributed by atoms with Crippen LogP contribution in [0.1, 0.15) is 25.2 Å². The van der Waals surface area contributed by atoms with Gasteiger partial charge in [0, 0.05) is 25.0 Å². The molecule has 0 aliphatic carbocycles. The minimum atomic E-state index is -0.918. The van der Waals surface area contributed by atoms with E-state index in [1.165, 1.54) is 0 Å². The fraction of sp³-hybridized carbons (Fsp3) is 0.333. The molecule has 0 aliphatic rings. The Morgan fingerprint density at radius 1 is 1.10 bits per heavy atom. The molecule has 2 heterocycles. The predicted molar refractivity (Wildman–Crippen MR) is 122 cm³/mol. The van der Waals surface area contributed by atoms with E-state index in [0.29, 0.717) is 37.5 Å². The van der Waals surface area contributed by atoms with Gasteiger partial charge in [-0.15, -0.1) is 0 Å². The lowest BCUT2D eigenvalue weighted by Crippen LogP contribution is -2.27. The van der Waals surface area contributed by atoms with Crippen LogP contribution in [0.25, 0.3) is 21.9 Å². The Balaban J connectivity index is 1.78.